The van der Waals surface area contributed by atoms with E-state index in [4.69, 9.17) is 4.74 Å². The van der Waals surface area contributed by atoms with Crippen molar-refractivity contribution in [2.75, 3.05) is 31.6 Å². The Kier molecular flexibility index (Phi) is 7.63. The van der Waals surface area contributed by atoms with Crippen LogP contribution < -0.4 is 9.64 Å². The van der Waals surface area contributed by atoms with Crippen LogP contribution >= 0.6 is 12.4 Å². The molecule has 0 N–H and O–H groups in total. The molecular formula is C26H28ClFN6O. The normalized spacial score (nSPS) is 16.1. The van der Waals surface area contributed by atoms with E-state index in [1.165, 1.54) is 12.1 Å². The maximum Gasteiger partial charge on any atom is 0.147 e. The standard InChI is InChI=1S/C26H27FN6O.ClH/c1-19-21(15-30-33(19)23-7-9-24(34-2)10-8-23)17-31-13-14-32(26-16-28-11-12-29-26)18-25(31)20-3-5-22(27)6-4-20;/h3-12,15-16,25H,13-14,17-18H2,1-2H3;1H. The molecule has 0 radical (unpaired) electrons. The van der Waals surface area contributed by atoms with Crippen LogP contribution in [0.4, 0.5) is 10.2 Å². The summed E-state index contributed by atoms with van der Waals surface area (Å²) in [6.45, 7) is 5.26. The number of piperazine rings is 1. The first-order valence-corrected chi connectivity index (χ1v) is 11.3. The number of hydrogen-bond donors (Lipinski definition) is 0. The van der Waals surface area contributed by atoms with Crippen molar-refractivity contribution in [1.82, 2.24) is 24.6 Å². The van der Waals surface area contributed by atoms with Crippen LogP contribution in [0.5, 0.6) is 5.75 Å². The van der Waals surface area contributed by atoms with E-state index in [2.05, 4.69) is 31.8 Å². The molecule has 0 spiro atoms. The SMILES string of the molecule is COc1ccc(-n2ncc(CN3CCN(c4cnccn4)CC3c3ccc(F)cc3)c2C)cc1.Cl. The smallest absolute Gasteiger partial charge is 0.147 e. The van der Waals surface area contributed by atoms with Crippen LogP contribution in [0.2, 0.25) is 0 Å². The molecule has 4 aromatic rings. The first-order valence-electron chi connectivity index (χ1n) is 11.3. The molecular weight excluding hydrogens is 467 g/mol. The van der Waals surface area contributed by atoms with Gasteiger partial charge in [0.05, 0.1) is 31.2 Å². The van der Waals surface area contributed by atoms with Gasteiger partial charge in [0.2, 0.25) is 0 Å². The van der Waals surface area contributed by atoms with Crippen LogP contribution in [-0.4, -0.2) is 51.4 Å². The van der Waals surface area contributed by atoms with Crippen LogP contribution in [0.1, 0.15) is 22.9 Å². The highest BCUT2D eigenvalue weighted by Gasteiger charge is 2.30. The van der Waals surface area contributed by atoms with Crippen LogP contribution in [0.25, 0.3) is 5.69 Å². The first kappa shape index (κ1) is 24.6. The summed E-state index contributed by atoms with van der Waals surface area (Å²) in [5.41, 5.74) is 4.33. The summed E-state index contributed by atoms with van der Waals surface area (Å²) in [5, 5.41) is 4.65. The molecule has 1 fully saturated rings. The Balaban J connectivity index is 0.00000289. The van der Waals surface area contributed by atoms with E-state index in [1.807, 2.05) is 47.3 Å². The Morgan fingerprint density at radius 2 is 1.77 bits per heavy atom. The zero-order chi connectivity index (χ0) is 23.5. The monoisotopic (exact) mass is 494 g/mol. The summed E-state index contributed by atoms with van der Waals surface area (Å²) < 4.78 is 20.9. The van der Waals surface area contributed by atoms with Crippen molar-refractivity contribution < 1.29 is 9.13 Å². The van der Waals surface area contributed by atoms with Gasteiger partial charge in [0, 0.05) is 49.8 Å². The summed E-state index contributed by atoms with van der Waals surface area (Å²) in [7, 11) is 1.66. The van der Waals surface area contributed by atoms with Gasteiger partial charge in [-0.15, -0.1) is 12.4 Å². The number of aromatic nitrogens is 4. The predicted molar refractivity (Wildman–Crippen MR) is 136 cm³/mol. The van der Waals surface area contributed by atoms with E-state index >= 15 is 0 Å². The van der Waals surface area contributed by atoms with E-state index in [0.717, 1.165) is 60.3 Å². The van der Waals surface area contributed by atoms with Gasteiger partial charge < -0.3 is 9.64 Å². The highest BCUT2D eigenvalue weighted by atomic mass is 35.5. The molecule has 2 aromatic heterocycles. The van der Waals surface area contributed by atoms with Crippen LogP contribution in [0.15, 0.2) is 73.3 Å². The second-order valence-electron chi connectivity index (χ2n) is 8.41. The van der Waals surface area contributed by atoms with Crippen LogP contribution in [-0.2, 0) is 6.54 Å². The fourth-order valence-corrected chi connectivity index (χ4v) is 4.47. The highest BCUT2D eigenvalue weighted by Crippen LogP contribution is 2.30. The third kappa shape index (κ3) is 5.28. The van der Waals surface area contributed by atoms with Crippen LogP contribution in [0, 0.1) is 12.7 Å². The molecule has 0 bridgehead atoms. The molecule has 7 nitrogen and oxygen atoms in total. The lowest BCUT2D eigenvalue weighted by Gasteiger charge is -2.42. The number of ether oxygens (including phenoxy) is 1. The lowest BCUT2D eigenvalue weighted by molar-refractivity contribution is 0.168. The molecule has 1 aliphatic heterocycles. The fraction of sp³-hybridized carbons (Fsp3) is 0.269. The van der Waals surface area contributed by atoms with E-state index < -0.39 is 0 Å². The minimum absolute atomic E-state index is 0. The number of nitrogens with zero attached hydrogens (tertiary/aromatic N) is 6. The van der Waals surface area contributed by atoms with Gasteiger partial charge >= 0.3 is 0 Å². The van der Waals surface area contributed by atoms with E-state index in [0.29, 0.717) is 0 Å². The number of benzene rings is 2. The van der Waals surface area contributed by atoms with E-state index in [1.54, 1.807) is 25.7 Å². The largest absolute Gasteiger partial charge is 0.497 e. The maximum atomic E-state index is 13.6. The minimum Gasteiger partial charge on any atom is -0.497 e. The Morgan fingerprint density at radius 1 is 1.00 bits per heavy atom. The van der Waals surface area contributed by atoms with Crippen molar-refractivity contribution in [3.05, 3.63) is 96.0 Å². The van der Waals surface area contributed by atoms with Gasteiger partial charge in [0.1, 0.15) is 17.4 Å². The Hall–Kier alpha value is -3.49. The molecule has 0 amide bonds. The van der Waals surface area contributed by atoms with Crippen molar-refractivity contribution in [3.8, 4) is 11.4 Å². The van der Waals surface area contributed by atoms with Gasteiger partial charge in [0.25, 0.3) is 0 Å². The molecule has 3 heterocycles. The quantitative estimate of drug-likeness (QED) is 0.390. The van der Waals surface area contributed by atoms with E-state index in [-0.39, 0.29) is 24.3 Å². The molecule has 182 valence electrons. The molecule has 35 heavy (non-hydrogen) atoms. The van der Waals surface area contributed by atoms with Crippen molar-refractivity contribution in [2.24, 2.45) is 0 Å². The molecule has 0 saturated carbocycles. The molecule has 0 aliphatic carbocycles. The van der Waals surface area contributed by atoms with Gasteiger partial charge in [-0.3, -0.25) is 9.88 Å². The summed E-state index contributed by atoms with van der Waals surface area (Å²) in [5.74, 6) is 1.45. The van der Waals surface area contributed by atoms with Gasteiger partial charge in [-0.05, 0) is 48.9 Å². The Labute approximate surface area is 210 Å². The second kappa shape index (κ2) is 10.8. The van der Waals surface area contributed by atoms with Crippen molar-refractivity contribution in [3.63, 3.8) is 0 Å². The Morgan fingerprint density at radius 3 is 2.46 bits per heavy atom. The van der Waals surface area contributed by atoms with E-state index in [9.17, 15) is 4.39 Å². The first-order chi connectivity index (χ1) is 16.6. The van der Waals surface area contributed by atoms with Crippen molar-refractivity contribution >= 4 is 18.2 Å². The molecule has 1 atom stereocenters. The van der Waals surface area contributed by atoms with Crippen molar-refractivity contribution in [1.29, 1.82) is 0 Å². The molecule has 9 heteroatoms. The summed E-state index contributed by atoms with van der Waals surface area (Å²) in [6.07, 6.45) is 7.13. The second-order valence-corrected chi connectivity index (χ2v) is 8.41. The van der Waals surface area contributed by atoms with Gasteiger partial charge in [-0.2, -0.15) is 5.10 Å². The lowest BCUT2D eigenvalue weighted by atomic mass is 10.0. The summed E-state index contributed by atoms with van der Waals surface area (Å²) >= 11 is 0. The lowest BCUT2D eigenvalue weighted by Crippen LogP contribution is -2.48. The summed E-state index contributed by atoms with van der Waals surface area (Å²) in [4.78, 5) is 13.4. The number of hydrogen-bond acceptors (Lipinski definition) is 6. The highest BCUT2D eigenvalue weighted by molar-refractivity contribution is 5.85. The molecule has 2 aromatic carbocycles. The van der Waals surface area contributed by atoms with Crippen molar-refractivity contribution in [2.45, 2.75) is 19.5 Å². The summed E-state index contributed by atoms with van der Waals surface area (Å²) in [6, 6.07) is 14.8. The predicted octanol–water partition coefficient (Wildman–Crippen LogP) is 4.60. The molecule has 1 unspecified atom stereocenters. The number of halogens is 2. The maximum absolute atomic E-state index is 13.6. The average molecular weight is 495 g/mol. The third-order valence-electron chi connectivity index (χ3n) is 6.42. The topological polar surface area (TPSA) is 59.3 Å². The fourth-order valence-electron chi connectivity index (χ4n) is 4.47. The zero-order valence-electron chi connectivity index (χ0n) is 19.7. The zero-order valence-corrected chi connectivity index (χ0v) is 20.5. The van der Waals surface area contributed by atoms with Gasteiger partial charge in [0.15, 0.2) is 0 Å². The number of methoxy groups -OCH3 is 1. The minimum atomic E-state index is -0.228. The Bertz CT molecular complexity index is 1230. The number of anilines is 1. The van der Waals surface area contributed by atoms with Gasteiger partial charge in [-0.1, -0.05) is 12.1 Å². The third-order valence-corrected chi connectivity index (χ3v) is 6.42. The molecule has 5 rings (SSSR count). The molecule has 1 saturated heterocycles. The van der Waals surface area contributed by atoms with Gasteiger partial charge in [-0.25, -0.2) is 14.1 Å². The van der Waals surface area contributed by atoms with Crippen LogP contribution in [0.3, 0.4) is 0 Å². The average Bonchev–Trinajstić information content (AvgIpc) is 3.25. The molecule has 1 aliphatic rings. The number of rotatable bonds is 6.